The molecule has 0 saturated carbocycles. The van der Waals surface area contributed by atoms with E-state index in [0.717, 1.165) is 11.4 Å². The van der Waals surface area contributed by atoms with Gasteiger partial charge < -0.3 is 19.9 Å². The predicted molar refractivity (Wildman–Crippen MR) is 129 cm³/mol. The van der Waals surface area contributed by atoms with Crippen LogP contribution in [0.15, 0.2) is 52.9 Å². The van der Waals surface area contributed by atoms with E-state index in [1.165, 1.54) is 29.2 Å². The molecule has 1 fully saturated rings. The van der Waals surface area contributed by atoms with E-state index >= 15 is 0 Å². The van der Waals surface area contributed by atoms with Gasteiger partial charge in [-0.2, -0.15) is 0 Å². The van der Waals surface area contributed by atoms with Crippen molar-refractivity contribution in [2.24, 2.45) is 0 Å². The second-order valence-electron chi connectivity index (χ2n) is 7.13. The summed E-state index contributed by atoms with van der Waals surface area (Å²) in [7, 11) is 1.61. The van der Waals surface area contributed by atoms with Crippen LogP contribution < -0.4 is 15.0 Å². The number of nitrogens with one attached hydrogen (secondary N) is 1. The number of hydrogen-bond donors (Lipinski definition) is 1. The average molecular weight is 487 g/mol. The van der Waals surface area contributed by atoms with Crippen LogP contribution >= 0.6 is 23.1 Å². The Morgan fingerprint density at radius 3 is 2.73 bits per heavy atom. The molecule has 1 saturated heterocycles. The highest BCUT2D eigenvalue weighted by molar-refractivity contribution is 8.01. The number of hydrogen-bond acceptors (Lipinski definition) is 10. The average Bonchev–Trinajstić information content (AvgIpc) is 3.30. The minimum atomic E-state index is -0.372. The monoisotopic (exact) mass is 486 g/mol. The zero-order valence-electron chi connectivity index (χ0n) is 17.8. The van der Waals surface area contributed by atoms with Gasteiger partial charge in [0.1, 0.15) is 11.4 Å². The Kier molecular flexibility index (Phi) is 7.25. The van der Waals surface area contributed by atoms with Crippen molar-refractivity contribution in [2.45, 2.75) is 4.34 Å². The molecule has 33 heavy (non-hydrogen) atoms. The molecule has 4 rings (SSSR count). The molecule has 2 heterocycles. The largest absolute Gasteiger partial charge is 0.497 e. The fourth-order valence-corrected chi connectivity index (χ4v) is 5.12. The summed E-state index contributed by atoms with van der Waals surface area (Å²) in [4.78, 5) is 27.3. The first-order valence-corrected chi connectivity index (χ1v) is 12.0. The standard InChI is InChI=1S/C21H22N6O4S2/c1-31-16-6-4-5-15(13-16)22-20-23-24-21(33-20)32-14-19(28)26-11-9-25(10-12-26)17-7-2-3-8-18(17)27(29)30/h2-8,13H,9-12,14H2,1H3,(H,22,23). The van der Waals surface area contributed by atoms with Crippen LogP contribution in [0.2, 0.25) is 0 Å². The van der Waals surface area contributed by atoms with Crippen LogP contribution in [0.1, 0.15) is 0 Å². The fourth-order valence-electron chi connectivity index (χ4n) is 3.44. The minimum absolute atomic E-state index is 0.0136. The molecule has 172 valence electrons. The molecule has 1 aromatic heterocycles. The summed E-state index contributed by atoms with van der Waals surface area (Å²) in [5, 5.41) is 23.4. The van der Waals surface area contributed by atoms with Crippen molar-refractivity contribution < 1.29 is 14.5 Å². The molecule has 1 N–H and O–H groups in total. The van der Waals surface area contributed by atoms with Gasteiger partial charge >= 0.3 is 0 Å². The van der Waals surface area contributed by atoms with E-state index in [0.29, 0.717) is 41.3 Å². The van der Waals surface area contributed by atoms with Gasteiger partial charge in [0.2, 0.25) is 11.0 Å². The number of carbonyl (C=O) groups is 1. The Bertz CT molecular complexity index is 1130. The minimum Gasteiger partial charge on any atom is -0.497 e. The molecule has 0 radical (unpaired) electrons. The number of benzene rings is 2. The lowest BCUT2D eigenvalue weighted by atomic mass is 10.2. The van der Waals surface area contributed by atoms with Gasteiger partial charge in [-0.3, -0.25) is 14.9 Å². The lowest BCUT2D eigenvalue weighted by Crippen LogP contribution is -2.49. The highest BCUT2D eigenvalue weighted by atomic mass is 32.2. The van der Waals surface area contributed by atoms with E-state index in [1.807, 2.05) is 29.2 Å². The number of nitro benzene ring substituents is 1. The van der Waals surface area contributed by atoms with Gasteiger partial charge in [0.15, 0.2) is 4.34 Å². The summed E-state index contributed by atoms with van der Waals surface area (Å²) in [5.74, 6) is 1.02. The van der Waals surface area contributed by atoms with Gasteiger partial charge in [0, 0.05) is 44.0 Å². The number of nitrogens with zero attached hydrogens (tertiary/aromatic N) is 5. The summed E-state index contributed by atoms with van der Waals surface area (Å²) in [5.41, 5.74) is 1.52. The summed E-state index contributed by atoms with van der Waals surface area (Å²) in [6.07, 6.45) is 0. The molecule has 0 spiro atoms. The molecule has 0 atom stereocenters. The number of carbonyl (C=O) groups excluding carboxylic acids is 1. The number of thioether (sulfide) groups is 1. The van der Waals surface area contributed by atoms with Gasteiger partial charge in [-0.25, -0.2) is 0 Å². The molecule has 0 bridgehead atoms. The Balaban J connectivity index is 1.27. The first-order chi connectivity index (χ1) is 16.0. The number of aromatic nitrogens is 2. The van der Waals surface area contributed by atoms with Crippen LogP contribution in [0, 0.1) is 10.1 Å². The first-order valence-electron chi connectivity index (χ1n) is 10.2. The van der Waals surface area contributed by atoms with Crippen LogP contribution in [0.5, 0.6) is 5.75 Å². The topological polar surface area (TPSA) is 114 Å². The van der Waals surface area contributed by atoms with Crippen molar-refractivity contribution in [1.29, 1.82) is 0 Å². The van der Waals surface area contributed by atoms with E-state index in [-0.39, 0.29) is 22.3 Å². The molecule has 3 aromatic rings. The van der Waals surface area contributed by atoms with E-state index < -0.39 is 0 Å². The number of ether oxygens (including phenoxy) is 1. The number of nitro groups is 1. The fraction of sp³-hybridized carbons (Fsp3) is 0.286. The van der Waals surface area contributed by atoms with E-state index in [2.05, 4.69) is 15.5 Å². The number of para-hydroxylation sites is 2. The van der Waals surface area contributed by atoms with Crippen LogP contribution in [-0.4, -0.2) is 65.0 Å². The maximum atomic E-state index is 12.7. The van der Waals surface area contributed by atoms with E-state index in [4.69, 9.17) is 4.74 Å². The molecule has 1 aliphatic rings. The Morgan fingerprint density at radius 1 is 1.18 bits per heavy atom. The molecule has 2 aromatic carbocycles. The molecule has 0 aliphatic carbocycles. The molecule has 0 unspecified atom stereocenters. The third kappa shape index (κ3) is 5.71. The SMILES string of the molecule is COc1cccc(Nc2nnc(SCC(=O)N3CCN(c4ccccc4[N+](=O)[O-])CC3)s2)c1. The van der Waals surface area contributed by atoms with Gasteiger partial charge in [0.25, 0.3) is 5.69 Å². The number of anilines is 3. The second kappa shape index (κ2) is 10.5. The molecule has 1 amide bonds. The van der Waals surface area contributed by atoms with E-state index in [1.54, 1.807) is 30.2 Å². The molecule has 1 aliphatic heterocycles. The number of methoxy groups -OCH3 is 1. The highest BCUT2D eigenvalue weighted by Crippen LogP contribution is 2.30. The third-order valence-corrected chi connectivity index (χ3v) is 7.05. The lowest BCUT2D eigenvalue weighted by Gasteiger charge is -2.35. The quantitative estimate of drug-likeness (QED) is 0.289. The number of rotatable bonds is 8. The van der Waals surface area contributed by atoms with Crippen molar-refractivity contribution in [3.05, 3.63) is 58.6 Å². The van der Waals surface area contributed by atoms with Crippen LogP contribution in [0.25, 0.3) is 0 Å². The normalized spacial score (nSPS) is 13.6. The van der Waals surface area contributed by atoms with Crippen molar-refractivity contribution in [1.82, 2.24) is 15.1 Å². The Hall–Kier alpha value is -3.38. The van der Waals surface area contributed by atoms with Gasteiger partial charge in [-0.15, -0.1) is 10.2 Å². The van der Waals surface area contributed by atoms with Crippen LogP contribution in [0.4, 0.5) is 22.2 Å². The van der Waals surface area contributed by atoms with Gasteiger partial charge in [-0.05, 0) is 18.2 Å². The summed E-state index contributed by atoms with van der Waals surface area (Å²) < 4.78 is 5.92. The zero-order chi connectivity index (χ0) is 23.2. The smallest absolute Gasteiger partial charge is 0.292 e. The number of piperazine rings is 1. The summed E-state index contributed by atoms with van der Waals surface area (Å²) in [6.45, 7) is 2.14. The van der Waals surface area contributed by atoms with Crippen molar-refractivity contribution in [3.63, 3.8) is 0 Å². The second-order valence-corrected chi connectivity index (χ2v) is 9.33. The van der Waals surface area contributed by atoms with Crippen LogP contribution in [-0.2, 0) is 4.79 Å². The molecular weight excluding hydrogens is 464 g/mol. The summed E-state index contributed by atoms with van der Waals surface area (Å²) >= 11 is 2.73. The Labute approximate surface area is 198 Å². The molecule has 10 nitrogen and oxygen atoms in total. The van der Waals surface area contributed by atoms with Gasteiger partial charge in [-0.1, -0.05) is 41.3 Å². The third-order valence-electron chi connectivity index (χ3n) is 5.10. The zero-order valence-corrected chi connectivity index (χ0v) is 19.5. The summed E-state index contributed by atoms with van der Waals surface area (Å²) in [6, 6.07) is 14.2. The molecular formula is C21H22N6O4S2. The molecule has 12 heteroatoms. The van der Waals surface area contributed by atoms with Gasteiger partial charge in [0.05, 0.1) is 17.8 Å². The lowest BCUT2D eigenvalue weighted by molar-refractivity contribution is -0.384. The maximum absolute atomic E-state index is 12.7. The highest BCUT2D eigenvalue weighted by Gasteiger charge is 2.25. The Morgan fingerprint density at radius 2 is 1.97 bits per heavy atom. The predicted octanol–water partition coefficient (Wildman–Crippen LogP) is 3.64. The maximum Gasteiger partial charge on any atom is 0.292 e. The number of amides is 1. The van der Waals surface area contributed by atoms with Crippen molar-refractivity contribution in [2.75, 3.05) is 49.3 Å². The van der Waals surface area contributed by atoms with Crippen molar-refractivity contribution in [3.8, 4) is 5.75 Å². The van der Waals surface area contributed by atoms with Crippen LogP contribution in [0.3, 0.4) is 0 Å². The first kappa shape index (κ1) is 22.8. The van der Waals surface area contributed by atoms with E-state index in [9.17, 15) is 14.9 Å². The van der Waals surface area contributed by atoms with Crippen molar-refractivity contribution >= 4 is 51.2 Å².